The molecular formula is C19H20BrClN2O3. The molecule has 1 N–H and O–H groups in total. The Morgan fingerprint density at radius 2 is 1.92 bits per heavy atom. The molecule has 26 heavy (non-hydrogen) atoms. The Kier molecular flexibility index (Phi) is 7.48. The highest BCUT2D eigenvalue weighted by Crippen LogP contribution is 2.24. The number of carbonyl (C=O) groups excluding carboxylic acids is 2. The van der Waals surface area contributed by atoms with Crippen LogP contribution in [0.4, 0.5) is 5.69 Å². The number of hydrogen-bond donors (Lipinski definition) is 1. The van der Waals surface area contributed by atoms with Crippen LogP contribution in [0.5, 0.6) is 5.75 Å². The molecule has 0 aliphatic rings. The summed E-state index contributed by atoms with van der Waals surface area (Å²) in [5.41, 5.74) is 0.892. The largest absolute Gasteiger partial charge is 0.492 e. The fraction of sp³-hybridized carbons (Fsp3) is 0.263. The average Bonchev–Trinajstić information content (AvgIpc) is 2.61. The van der Waals surface area contributed by atoms with Gasteiger partial charge in [0.1, 0.15) is 5.75 Å². The van der Waals surface area contributed by atoms with Crippen molar-refractivity contribution in [2.75, 3.05) is 26.0 Å². The van der Waals surface area contributed by atoms with E-state index in [1.807, 2.05) is 24.3 Å². The van der Waals surface area contributed by atoms with E-state index in [1.54, 1.807) is 32.3 Å². The molecule has 5 nitrogen and oxygen atoms in total. The Bertz CT molecular complexity index is 796. The van der Waals surface area contributed by atoms with Crippen molar-refractivity contribution in [1.82, 2.24) is 4.90 Å². The smallest absolute Gasteiger partial charge is 0.254 e. The van der Waals surface area contributed by atoms with Gasteiger partial charge < -0.3 is 15.0 Å². The van der Waals surface area contributed by atoms with Crippen LogP contribution in [0.25, 0.3) is 0 Å². The quantitative estimate of drug-likeness (QED) is 0.641. The van der Waals surface area contributed by atoms with Crippen LogP contribution >= 0.6 is 27.5 Å². The van der Waals surface area contributed by atoms with Crippen LogP contribution in [0.3, 0.4) is 0 Å². The Morgan fingerprint density at radius 1 is 1.19 bits per heavy atom. The number of benzene rings is 2. The second kappa shape index (κ2) is 9.59. The fourth-order valence-electron chi connectivity index (χ4n) is 2.21. The van der Waals surface area contributed by atoms with Crippen LogP contribution < -0.4 is 10.1 Å². The van der Waals surface area contributed by atoms with Crippen molar-refractivity contribution in [1.29, 1.82) is 0 Å². The van der Waals surface area contributed by atoms with Crippen molar-refractivity contribution < 1.29 is 14.3 Å². The SMILES string of the molecule is CN(C)C(=O)c1cc(NC(=O)CCCOc2ccccc2Br)ccc1Cl. The molecule has 0 aliphatic carbocycles. The number of ether oxygens (including phenoxy) is 1. The maximum Gasteiger partial charge on any atom is 0.254 e. The molecule has 2 aromatic carbocycles. The molecule has 0 saturated carbocycles. The first kappa shape index (κ1) is 20.3. The monoisotopic (exact) mass is 438 g/mol. The minimum absolute atomic E-state index is 0.147. The molecule has 0 bridgehead atoms. The highest BCUT2D eigenvalue weighted by molar-refractivity contribution is 9.10. The number of nitrogens with one attached hydrogen (secondary N) is 1. The molecule has 0 atom stereocenters. The summed E-state index contributed by atoms with van der Waals surface area (Å²) in [6.07, 6.45) is 0.883. The molecular weight excluding hydrogens is 420 g/mol. The third kappa shape index (κ3) is 5.75. The lowest BCUT2D eigenvalue weighted by Crippen LogP contribution is -2.22. The maximum atomic E-state index is 12.1. The summed E-state index contributed by atoms with van der Waals surface area (Å²) < 4.78 is 6.51. The number of rotatable bonds is 7. The van der Waals surface area contributed by atoms with Crippen LogP contribution in [0.1, 0.15) is 23.2 Å². The zero-order valence-corrected chi connectivity index (χ0v) is 16.9. The summed E-state index contributed by atoms with van der Waals surface area (Å²) in [5.74, 6) is 0.386. The second-order valence-electron chi connectivity index (χ2n) is 5.82. The fourth-order valence-corrected chi connectivity index (χ4v) is 2.81. The first-order valence-corrected chi connectivity index (χ1v) is 9.24. The van der Waals surface area contributed by atoms with Crippen LogP contribution in [0.2, 0.25) is 5.02 Å². The molecule has 2 rings (SSSR count). The van der Waals surface area contributed by atoms with E-state index in [0.717, 1.165) is 10.2 Å². The number of nitrogens with zero attached hydrogens (tertiary/aromatic N) is 1. The van der Waals surface area contributed by atoms with Gasteiger partial charge in [0, 0.05) is 26.2 Å². The second-order valence-corrected chi connectivity index (χ2v) is 7.09. The zero-order chi connectivity index (χ0) is 19.1. The maximum absolute atomic E-state index is 12.1. The van der Waals surface area contributed by atoms with Gasteiger partial charge in [-0.25, -0.2) is 0 Å². The first-order chi connectivity index (χ1) is 12.4. The van der Waals surface area contributed by atoms with Crippen molar-refractivity contribution >= 4 is 45.0 Å². The standard InChI is InChI=1S/C19H20BrClN2O3/c1-23(2)19(25)14-12-13(9-10-16(14)21)22-18(24)8-5-11-26-17-7-4-3-6-15(17)20/h3-4,6-7,9-10,12H,5,8,11H2,1-2H3,(H,22,24). The van der Waals surface area contributed by atoms with Crippen molar-refractivity contribution in [3.63, 3.8) is 0 Å². The van der Waals surface area contributed by atoms with Gasteiger partial charge in [-0.05, 0) is 52.7 Å². The van der Waals surface area contributed by atoms with Crippen LogP contribution in [0.15, 0.2) is 46.9 Å². The molecule has 0 radical (unpaired) electrons. The van der Waals surface area contributed by atoms with Gasteiger partial charge in [0.15, 0.2) is 0 Å². The highest BCUT2D eigenvalue weighted by atomic mass is 79.9. The summed E-state index contributed by atoms with van der Waals surface area (Å²) in [4.78, 5) is 25.6. The number of para-hydroxylation sites is 1. The lowest BCUT2D eigenvalue weighted by molar-refractivity contribution is -0.116. The third-order valence-electron chi connectivity index (χ3n) is 3.53. The molecule has 0 unspecified atom stereocenters. The molecule has 2 aromatic rings. The third-order valence-corrected chi connectivity index (χ3v) is 4.51. The van der Waals surface area contributed by atoms with E-state index in [4.69, 9.17) is 16.3 Å². The summed E-state index contributed by atoms with van der Waals surface area (Å²) in [6, 6.07) is 12.4. The van der Waals surface area contributed by atoms with Gasteiger partial charge in [-0.1, -0.05) is 23.7 Å². The van der Waals surface area contributed by atoms with Gasteiger partial charge in [-0.2, -0.15) is 0 Å². The van der Waals surface area contributed by atoms with E-state index in [-0.39, 0.29) is 11.8 Å². The lowest BCUT2D eigenvalue weighted by Gasteiger charge is -2.13. The van der Waals surface area contributed by atoms with Crippen molar-refractivity contribution in [3.8, 4) is 5.75 Å². The highest BCUT2D eigenvalue weighted by Gasteiger charge is 2.14. The molecule has 0 fully saturated rings. The summed E-state index contributed by atoms with van der Waals surface area (Å²) in [7, 11) is 3.30. The normalized spacial score (nSPS) is 10.3. The number of hydrogen-bond acceptors (Lipinski definition) is 3. The zero-order valence-electron chi connectivity index (χ0n) is 14.6. The number of halogens is 2. The van der Waals surface area contributed by atoms with Crippen LogP contribution in [-0.4, -0.2) is 37.4 Å². The van der Waals surface area contributed by atoms with Gasteiger partial charge in [0.25, 0.3) is 5.91 Å². The van der Waals surface area contributed by atoms with E-state index in [2.05, 4.69) is 21.2 Å². The summed E-state index contributed by atoms with van der Waals surface area (Å²) in [5, 5.41) is 3.13. The van der Waals surface area contributed by atoms with E-state index < -0.39 is 0 Å². The van der Waals surface area contributed by atoms with E-state index in [0.29, 0.717) is 35.7 Å². The molecule has 0 saturated heterocycles. The molecule has 138 valence electrons. The van der Waals surface area contributed by atoms with Gasteiger partial charge in [0.05, 0.1) is 21.7 Å². The van der Waals surface area contributed by atoms with Crippen molar-refractivity contribution in [2.45, 2.75) is 12.8 Å². The minimum Gasteiger partial charge on any atom is -0.492 e. The Morgan fingerprint density at radius 3 is 2.62 bits per heavy atom. The molecule has 0 aromatic heterocycles. The lowest BCUT2D eigenvalue weighted by atomic mass is 10.1. The Balaban J connectivity index is 1.85. The number of carbonyl (C=O) groups is 2. The number of anilines is 1. The van der Waals surface area contributed by atoms with E-state index in [1.165, 1.54) is 4.90 Å². The van der Waals surface area contributed by atoms with Crippen molar-refractivity contribution in [3.05, 3.63) is 57.5 Å². The van der Waals surface area contributed by atoms with Crippen LogP contribution in [-0.2, 0) is 4.79 Å². The van der Waals surface area contributed by atoms with E-state index in [9.17, 15) is 9.59 Å². The predicted octanol–water partition coefficient (Wildman–Crippen LogP) is 4.60. The van der Waals surface area contributed by atoms with E-state index >= 15 is 0 Å². The van der Waals surface area contributed by atoms with Gasteiger partial charge in [-0.3, -0.25) is 9.59 Å². The number of amides is 2. The average molecular weight is 440 g/mol. The molecule has 0 spiro atoms. The van der Waals surface area contributed by atoms with Gasteiger partial charge in [0.2, 0.25) is 5.91 Å². The summed E-state index contributed by atoms with van der Waals surface area (Å²) >= 11 is 9.47. The minimum atomic E-state index is -0.215. The Labute approximate surface area is 166 Å². The predicted molar refractivity (Wildman–Crippen MR) is 107 cm³/mol. The van der Waals surface area contributed by atoms with Gasteiger partial charge in [-0.15, -0.1) is 0 Å². The first-order valence-electron chi connectivity index (χ1n) is 8.07. The molecule has 2 amide bonds. The van der Waals surface area contributed by atoms with Gasteiger partial charge >= 0.3 is 0 Å². The Hall–Kier alpha value is -2.05. The summed E-state index contributed by atoms with van der Waals surface area (Å²) in [6.45, 7) is 0.432. The molecule has 0 aliphatic heterocycles. The van der Waals surface area contributed by atoms with Crippen LogP contribution in [0, 0.1) is 0 Å². The van der Waals surface area contributed by atoms with Crippen molar-refractivity contribution in [2.24, 2.45) is 0 Å². The topological polar surface area (TPSA) is 58.6 Å². The molecule has 0 heterocycles. The molecule has 7 heteroatoms.